The minimum atomic E-state index is -0.340. The van der Waals surface area contributed by atoms with Gasteiger partial charge in [0.1, 0.15) is 0 Å². The molecule has 78 valence electrons. The first-order valence-electron chi connectivity index (χ1n) is 4.72. The molecule has 0 aliphatic heterocycles. The molecule has 0 aromatic heterocycles. The fraction of sp³-hybridized carbons (Fsp3) is 0.455. The molecule has 0 spiro atoms. The number of aliphatic hydroxyl groups excluding tert-OH is 1. The van der Waals surface area contributed by atoms with Crippen LogP contribution in [0.2, 0.25) is 0 Å². The first-order chi connectivity index (χ1) is 6.63. The van der Waals surface area contributed by atoms with Crippen molar-refractivity contribution in [2.75, 3.05) is 11.6 Å². The largest absolute Gasteiger partial charge is 0.391 e. The zero-order chi connectivity index (χ0) is 10.6. The zero-order valence-electron chi connectivity index (χ0n) is 8.82. The lowest BCUT2D eigenvalue weighted by Crippen LogP contribution is -2.27. The monoisotopic (exact) mass is 211 g/mol. The molecule has 0 heterocycles. The number of hydrogen-bond acceptors (Lipinski definition) is 3. The molecule has 2 atom stereocenters. The second kappa shape index (κ2) is 5.27. The molecular weight excluding hydrogens is 194 g/mol. The fourth-order valence-electron chi connectivity index (χ4n) is 1.10. The molecule has 2 N–H and O–H groups in total. The molecule has 0 saturated heterocycles. The molecule has 2 nitrogen and oxygen atoms in total. The Kier molecular flexibility index (Phi) is 4.29. The normalized spacial score (nSPS) is 14.9. The summed E-state index contributed by atoms with van der Waals surface area (Å²) in [6.45, 7) is 3.76. The van der Waals surface area contributed by atoms with E-state index in [0.717, 1.165) is 5.69 Å². The van der Waals surface area contributed by atoms with Gasteiger partial charge in [0, 0.05) is 16.6 Å². The molecule has 0 aliphatic rings. The van der Waals surface area contributed by atoms with Crippen molar-refractivity contribution in [1.29, 1.82) is 0 Å². The number of nitrogens with one attached hydrogen (secondary N) is 1. The van der Waals surface area contributed by atoms with Gasteiger partial charge in [0.2, 0.25) is 0 Å². The van der Waals surface area contributed by atoms with E-state index in [1.54, 1.807) is 18.7 Å². The van der Waals surface area contributed by atoms with Crippen molar-refractivity contribution in [2.45, 2.75) is 30.9 Å². The van der Waals surface area contributed by atoms with Gasteiger partial charge in [-0.3, -0.25) is 0 Å². The molecule has 0 bridgehead atoms. The van der Waals surface area contributed by atoms with E-state index in [-0.39, 0.29) is 12.1 Å². The highest BCUT2D eigenvalue weighted by molar-refractivity contribution is 7.98. The lowest BCUT2D eigenvalue weighted by atomic mass is 10.2. The van der Waals surface area contributed by atoms with E-state index >= 15 is 0 Å². The summed E-state index contributed by atoms with van der Waals surface area (Å²) in [6.07, 6.45) is 1.71. The van der Waals surface area contributed by atoms with Gasteiger partial charge >= 0.3 is 0 Å². The first-order valence-corrected chi connectivity index (χ1v) is 5.94. The molecule has 0 amide bonds. The maximum Gasteiger partial charge on any atom is 0.0710 e. The van der Waals surface area contributed by atoms with E-state index in [1.165, 1.54) is 4.90 Å². The number of anilines is 1. The number of aliphatic hydroxyl groups is 1. The fourth-order valence-corrected chi connectivity index (χ4v) is 1.56. The van der Waals surface area contributed by atoms with Crippen LogP contribution < -0.4 is 5.32 Å². The topological polar surface area (TPSA) is 32.3 Å². The van der Waals surface area contributed by atoms with Gasteiger partial charge in [-0.2, -0.15) is 0 Å². The van der Waals surface area contributed by atoms with Gasteiger partial charge in [-0.05, 0) is 38.3 Å². The van der Waals surface area contributed by atoms with Gasteiger partial charge in [-0.15, -0.1) is 11.8 Å². The lowest BCUT2D eigenvalue weighted by molar-refractivity contribution is 0.178. The third-order valence-corrected chi connectivity index (χ3v) is 2.91. The van der Waals surface area contributed by atoms with E-state index in [4.69, 9.17) is 0 Å². The highest BCUT2D eigenvalue weighted by Gasteiger charge is 2.07. The standard InChI is InChI=1S/C11H17NOS/c1-8(9(2)13)12-10-5-4-6-11(7-10)14-3/h4-9,12-13H,1-3H3. The molecule has 14 heavy (non-hydrogen) atoms. The number of benzene rings is 1. The van der Waals surface area contributed by atoms with E-state index in [9.17, 15) is 5.11 Å². The molecule has 0 aliphatic carbocycles. The average molecular weight is 211 g/mol. The Morgan fingerprint density at radius 1 is 1.36 bits per heavy atom. The van der Waals surface area contributed by atoms with Crippen LogP contribution in [0.3, 0.4) is 0 Å². The van der Waals surface area contributed by atoms with E-state index in [1.807, 2.05) is 19.1 Å². The predicted molar refractivity (Wildman–Crippen MR) is 63.0 cm³/mol. The minimum absolute atomic E-state index is 0.0760. The van der Waals surface area contributed by atoms with Gasteiger partial charge in [-0.25, -0.2) is 0 Å². The van der Waals surface area contributed by atoms with Gasteiger partial charge in [0.25, 0.3) is 0 Å². The van der Waals surface area contributed by atoms with Crippen molar-refractivity contribution >= 4 is 17.4 Å². The summed E-state index contributed by atoms with van der Waals surface area (Å²) in [7, 11) is 0. The van der Waals surface area contributed by atoms with Gasteiger partial charge in [-0.1, -0.05) is 6.07 Å². The maximum atomic E-state index is 9.34. The minimum Gasteiger partial charge on any atom is -0.391 e. The van der Waals surface area contributed by atoms with Crippen LogP contribution in [0.15, 0.2) is 29.2 Å². The highest BCUT2D eigenvalue weighted by Crippen LogP contribution is 2.19. The second-order valence-corrected chi connectivity index (χ2v) is 4.29. The van der Waals surface area contributed by atoms with Crippen molar-refractivity contribution in [3.63, 3.8) is 0 Å². The van der Waals surface area contributed by atoms with Crippen LogP contribution in [0.25, 0.3) is 0 Å². The van der Waals surface area contributed by atoms with Gasteiger partial charge < -0.3 is 10.4 Å². The summed E-state index contributed by atoms with van der Waals surface area (Å²) in [5.74, 6) is 0. The average Bonchev–Trinajstić information content (AvgIpc) is 2.18. The first kappa shape index (κ1) is 11.4. The Morgan fingerprint density at radius 3 is 2.64 bits per heavy atom. The Morgan fingerprint density at radius 2 is 2.07 bits per heavy atom. The summed E-state index contributed by atoms with van der Waals surface area (Å²) in [5.41, 5.74) is 1.06. The third kappa shape index (κ3) is 3.24. The van der Waals surface area contributed by atoms with Crippen LogP contribution in [-0.2, 0) is 0 Å². The molecular formula is C11H17NOS. The quantitative estimate of drug-likeness (QED) is 0.751. The number of hydrogen-bond donors (Lipinski definition) is 2. The van der Waals surface area contributed by atoms with E-state index in [0.29, 0.717) is 0 Å². The molecule has 0 saturated carbocycles. The van der Waals surface area contributed by atoms with Crippen molar-refractivity contribution in [2.24, 2.45) is 0 Å². The second-order valence-electron chi connectivity index (χ2n) is 3.41. The van der Waals surface area contributed by atoms with Crippen LogP contribution in [0.5, 0.6) is 0 Å². The van der Waals surface area contributed by atoms with Crippen molar-refractivity contribution in [1.82, 2.24) is 0 Å². The van der Waals surface area contributed by atoms with Crippen molar-refractivity contribution in [3.8, 4) is 0 Å². The van der Waals surface area contributed by atoms with E-state index < -0.39 is 0 Å². The van der Waals surface area contributed by atoms with Gasteiger partial charge in [0.05, 0.1) is 6.10 Å². The molecule has 0 fully saturated rings. The third-order valence-electron chi connectivity index (χ3n) is 2.19. The van der Waals surface area contributed by atoms with Crippen LogP contribution in [0.4, 0.5) is 5.69 Å². The summed E-state index contributed by atoms with van der Waals surface area (Å²) in [5, 5.41) is 12.6. The summed E-state index contributed by atoms with van der Waals surface area (Å²) >= 11 is 1.72. The van der Waals surface area contributed by atoms with Crippen LogP contribution in [0.1, 0.15) is 13.8 Å². The molecule has 0 radical (unpaired) electrons. The highest BCUT2D eigenvalue weighted by atomic mass is 32.2. The SMILES string of the molecule is CSc1cccc(NC(C)C(C)O)c1. The summed E-state index contributed by atoms with van der Waals surface area (Å²) in [6, 6.07) is 8.26. The smallest absolute Gasteiger partial charge is 0.0710 e. The maximum absolute atomic E-state index is 9.34. The Balaban J connectivity index is 2.66. The number of rotatable bonds is 4. The van der Waals surface area contributed by atoms with Crippen LogP contribution in [-0.4, -0.2) is 23.5 Å². The Hall–Kier alpha value is -0.670. The molecule has 2 unspecified atom stereocenters. The number of thioether (sulfide) groups is 1. The lowest BCUT2D eigenvalue weighted by Gasteiger charge is -2.18. The van der Waals surface area contributed by atoms with Crippen molar-refractivity contribution < 1.29 is 5.11 Å². The molecule has 1 aromatic rings. The zero-order valence-corrected chi connectivity index (χ0v) is 9.64. The van der Waals surface area contributed by atoms with Gasteiger partial charge in [0.15, 0.2) is 0 Å². The predicted octanol–water partition coefficient (Wildman–Crippen LogP) is 2.59. The molecule has 1 aromatic carbocycles. The van der Waals surface area contributed by atoms with Crippen LogP contribution in [0, 0.1) is 0 Å². The molecule has 3 heteroatoms. The molecule has 1 rings (SSSR count). The summed E-state index contributed by atoms with van der Waals surface area (Å²) < 4.78 is 0. The Bertz CT molecular complexity index is 288. The van der Waals surface area contributed by atoms with E-state index in [2.05, 4.69) is 23.7 Å². The summed E-state index contributed by atoms with van der Waals surface area (Å²) in [4.78, 5) is 1.23. The van der Waals surface area contributed by atoms with Crippen molar-refractivity contribution in [3.05, 3.63) is 24.3 Å². The Labute approximate surface area is 89.7 Å². The van der Waals surface area contributed by atoms with Crippen LogP contribution >= 0.6 is 11.8 Å².